The van der Waals surface area contributed by atoms with Crippen molar-refractivity contribution in [2.45, 2.75) is 25.8 Å². The Morgan fingerprint density at radius 3 is 2.60 bits per heavy atom. The molecule has 1 N–H and O–H groups in total. The van der Waals surface area contributed by atoms with E-state index in [1.807, 2.05) is 35.0 Å². The molecule has 5 nitrogen and oxygen atoms in total. The van der Waals surface area contributed by atoms with E-state index in [-0.39, 0.29) is 5.54 Å². The Labute approximate surface area is 90.8 Å². The summed E-state index contributed by atoms with van der Waals surface area (Å²) in [5.74, 6) is 1.40. The van der Waals surface area contributed by atoms with Gasteiger partial charge in [0.15, 0.2) is 5.82 Å². The summed E-state index contributed by atoms with van der Waals surface area (Å²) in [5, 5.41) is 7.08. The second-order valence-electron chi connectivity index (χ2n) is 4.44. The fraction of sp³-hybridized carbons (Fsp3) is 0.800. The summed E-state index contributed by atoms with van der Waals surface area (Å²) in [6.45, 7) is 4.95. The molecule has 1 heterocycles. The van der Waals surface area contributed by atoms with Gasteiger partial charge in [0.05, 0.1) is 5.54 Å². The number of nitrogens with zero attached hydrogens (tertiary/aromatic N) is 3. The quantitative estimate of drug-likeness (QED) is 0.775. The van der Waals surface area contributed by atoms with Crippen molar-refractivity contribution in [3.8, 4) is 0 Å². The summed E-state index contributed by atoms with van der Waals surface area (Å²) in [4.78, 5) is 6.45. The normalized spacial score (nSPS) is 12.4. The Kier molecular flexibility index (Phi) is 3.82. The minimum atomic E-state index is -0.261. The molecule has 0 aliphatic rings. The standard InChI is InChI=1S/C10H20N4O/c1-10(2,11-3)9-12-8(13-15-9)6-7-14(4)5/h11H,6-7H2,1-5H3. The molecule has 86 valence electrons. The molecule has 0 fully saturated rings. The number of rotatable bonds is 5. The molecule has 5 heteroatoms. The van der Waals surface area contributed by atoms with Crippen LogP contribution in [-0.2, 0) is 12.0 Å². The molecule has 1 aromatic rings. The van der Waals surface area contributed by atoms with Gasteiger partial charge in [0.1, 0.15) is 0 Å². The van der Waals surface area contributed by atoms with Gasteiger partial charge in [-0.2, -0.15) is 4.98 Å². The molecule has 1 rings (SSSR count). The van der Waals surface area contributed by atoms with Gasteiger partial charge in [-0.15, -0.1) is 0 Å². The summed E-state index contributed by atoms with van der Waals surface area (Å²) in [5.41, 5.74) is -0.261. The lowest BCUT2D eigenvalue weighted by molar-refractivity contribution is 0.279. The van der Waals surface area contributed by atoms with Crippen LogP contribution in [0.25, 0.3) is 0 Å². The first-order valence-corrected chi connectivity index (χ1v) is 5.12. The second kappa shape index (κ2) is 4.72. The van der Waals surface area contributed by atoms with Crippen molar-refractivity contribution in [3.05, 3.63) is 11.7 Å². The van der Waals surface area contributed by atoms with Crippen molar-refractivity contribution in [2.75, 3.05) is 27.7 Å². The third-order valence-electron chi connectivity index (χ3n) is 2.41. The summed E-state index contributed by atoms with van der Waals surface area (Å²) in [7, 11) is 5.93. The summed E-state index contributed by atoms with van der Waals surface area (Å²) < 4.78 is 5.21. The van der Waals surface area contributed by atoms with E-state index in [0.29, 0.717) is 5.89 Å². The molecule has 0 amide bonds. The maximum atomic E-state index is 5.21. The van der Waals surface area contributed by atoms with E-state index >= 15 is 0 Å². The zero-order valence-electron chi connectivity index (χ0n) is 10.2. The Morgan fingerprint density at radius 2 is 2.07 bits per heavy atom. The van der Waals surface area contributed by atoms with Crippen LogP contribution >= 0.6 is 0 Å². The van der Waals surface area contributed by atoms with E-state index < -0.39 is 0 Å². The van der Waals surface area contributed by atoms with Crippen molar-refractivity contribution in [1.29, 1.82) is 0 Å². The predicted octanol–water partition coefficient (Wildman–Crippen LogP) is 0.628. The molecular weight excluding hydrogens is 192 g/mol. The van der Waals surface area contributed by atoms with Crippen LogP contribution in [0.5, 0.6) is 0 Å². The molecule has 0 aliphatic carbocycles. The van der Waals surface area contributed by atoms with E-state index in [9.17, 15) is 0 Å². The van der Waals surface area contributed by atoms with Gasteiger partial charge in [0.25, 0.3) is 0 Å². The maximum Gasteiger partial charge on any atom is 0.246 e. The highest BCUT2D eigenvalue weighted by Gasteiger charge is 2.25. The van der Waals surface area contributed by atoms with Crippen LogP contribution < -0.4 is 5.32 Å². The first kappa shape index (κ1) is 12.1. The van der Waals surface area contributed by atoms with Crippen LogP contribution in [0, 0.1) is 0 Å². The van der Waals surface area contributed by atoms with Crippen LogP contribution in [0.4, 0.5) is 0 Å². The van der Waals surface area contributed by atoms with Gasteiger partial charge >= 0.3 is 0 Å². The average Bonchev–Trinajstić information content (AvgIpc) is 2.63. The van der Waals surface area contributed by atoms with Gasteiger partial charge < -0.3 is 14.7 Å². The largest absolute Gasteiger partial charge is 0.337 e. The highest BCUT2D eigenvalue weighted by atomic mass is 16.5. The maximum absolute atomic E-state index is 5.21. The number of aromatic nitrogens is 2. The molecule has 0 atom stereocenters. The molecule has 0 saturated heterocycles. The molecule has 0 unspecified atom stereocenters. The first-order chi connectivity index (χ1) is 6.95. The fourth-order valence-corrected chi connectivity index (χ4v) is 1.04. The van der Waals surface area contributed by atoms with Crippen LogP contribution in [0.2, 0.25) is 0 Å². The number of hydrogen-bond donors (Lipinski definition) is 1. The van der Waals surface area contributed by atoms with Crippen molar-refractivity contribution in [3.63, 3.8) is 0 Å². The van der Waals surface area contributed by atoms with Gasteiger partial charge in [-0.1, -0.05) is 5.16 Å². The van der Waals surface area contributed by atoms with Crippen molar-refractivity contribution < 1.29 is 4.52 Å². The Morgan fingerprint density at radius 1 is 1.40 bits per heavy atom. The van der Waals surface area contributed by atoms with Crippen molar-refractivity contribution in [2.24, 2.45) is 0 Å². The lowest BCUT2D eigenvalue weighted by atomic mass is 10.1. The fourth-order valence-electron chi connectivity index (χ4n) is 1.04. The second-order valence-corrected chi connectivity index (χ2v) is 4.44. The third kappa shape index (κ3) is 3.28. The molecule has 0 aromatic carbocycles. The Hall–Kier alpha value is -0.940. The van der Waals surface area contributed by atoms with Crippen LogP contribution in [0.3, 0.4) is 0 Å². The van der Waals surface area contributed by atoms with Gasteiger partial charge in [0, 0.05) is 13.0 Å². The van der Waals surface area contributed by atoms with Crippen molar-refractivity contribution in [1.82, 2.24) is 20.4 Å². The molecule has 0 aliphatic heterocycles. The lowest BCUT2D eigenvalue weighted by Gasteiger charge is -2.17. The zero-order valence-corrected chi connectivity index (χ0v) is 10.2. The monoisotopic (exact) mass is 212 g/mol. The first-order valence-electron chi connectivity index (χ1n) is 5.12. The van der Waals surface area contributed by atoms with E-state index in [0.717, 1.165) is 18.8 Å². The smallest absolute Gasteiger partial charge is 0.246 e. The number of nitrogens with one attached hydrogen (secondary N) is 1. The van der Waals surface area contributed by atoms with Crippen molar-refractivity contribution >= 4 is 0 Å². The topological polar surface area (TPSA) is 54.2 Å². The number of hydrogen-bond acceptors (Lipinski definition) is 5. The summed E-state index contributed by atoms with van der Waals surface area (Å²) in [6, 6.07) is 0. The highest BCUT2D eigenvalue weighted by molar-refractivity contribution is 4.98. The third-order valence-corrected chi connectivity index (χ3v) is 2.41. The minimum absolute atomic E-state index is 0.261. The SMILES string of the molecule is CNC(C)(C)c1nc(CCN(C)C)no1. The van der Waals surface area contributed by atoms with E-state index in [1.54, 1.807) is 0 Å². The lowest BCUT2D eigenvalue weighted by Crippen LogP contribution is -2.33. The predicted molar refractivity (Wildman–Crippen MR) is 58.6 cm³/mol. The van der Waals surface area contributed by atoms with Crippen LogP contribution in [0.1, 0.15) is 25.6 Å². The molecular formula is C10H20N4O. The van der Waals surface area contributed by atoms with Gasteiger partial charge in [-0.3, -0.25) is 0 Å². The average molecular weight is 212 g/mol. The van der Waals surface area contributed by atoms with E-state index in [4.69, 9.17) is 4.52 Å². The molecule has 0 saturated carbocycles. The van der Waals surface area contributed by atoms with Gasteiger partial charge in [-0.05, 0) is 35.0 Å². The van der Waals surface area contributed by atoms with E-state index in [2.05, 4.69) is 20.4 Å². The summed E-state index contributed by atoms with van der Waals surface area (Å²) in [6.07, 6.45) is 0.816. The van der Waals surface area contributed by atoms with E-state index in [1.165, 1.54) is 0 Å². The number of likely N-dealkylation sites (N-methyl/N-ethyl adjacent to an activating group) is 1. The Balaban J connectivity index is 2.64. The van der Waals surface area contributed by atoms with Gasteiger partial charge in [0.2, 0.25) is 5.89 Å². The summed E-state index contributed by atoms with van der Waals surface area (Å²) >= 11 is 0. The van der Waals surface area contributed by atoms with Crippen LogP contribution in [-0.4, -0.2) is 42.7 Å². The molecule has 15 heavy (non-hydrogen) atoms. The molecule has 0 radical (unpaired) electrons. The highest BCUT2D eigenvalue weighted by Crippen LogP contribution is 2.16. The molecule has 0 spiro atoms. The Bertz CT molecular complexity index is 306. The molecule has 0 bridgehead atoms. The molecule has 1 aromatic heterocycles. The van der Waals surface area contributed by atoms with Crippen LogP contribution in [0.15, 0.2) is 4.52 Å². The van der Waals surface area contributed by atoms with Gasteiger partial charge in [-0.25, -0.2) is 0 Å². The minimum Gasteiger partial charge on any atom is -0.337 e. The zero-order chi connectivity index (χ0) is 11.5.